The van der Waals surface area contributed by atoms with Crippen molar-refractivity contribution < 1.29 is 8.42 Å². The van der Waals surface area contributed by atoms with Crippen molar-refractivity contribution in [3.63, 3.8) is 0 Å². The van der Waals surface area contributed by atoms with Crippen LogP contribution in [0.5, 0.6) is 0 Å². The number of aryl methyl sites for hydroxylation is 2. The lowest BCUT2D eigenvalue weighted by Crippen LogP contribution is -2.38. The molecule has 3 nitrogen and oxygen atoms in total. The lowest BCUT2D eigenvalue weighted by Gasteiger charge is -2.31. The van der Waals surface area contributed by atoms with Crippen molar-refractivity contribution >= 4 is 10.0 Å². The molecule has 0 saturated carbocycles. The monoisotopic (exact) mass is 357 g/mol. The molecule has 0 atom stereocenters. The Morgan fingerprint density at radius 1 is 0.920 bits per heavy atom. The van der Waals surface area contributed by atoms with Crippen molar-refractivity contribution in [2.24, 2.45) is 5.92 Å². The van der Waals surface area contributed by atoms with Gasteiger partial charge in [-0.15, -0.1) is 0 Å². The molecule has 3 rings (SSSR count). The standard InChI is InChI=1S/C21H27NO2S/c1-2-18-10-12-21(13-11-18)25(23,24)22-16-14-20(15-17-22)9-8-19-6-4-3-5-7-19/h3-7,10-13,20H,2,8-9,14-17H2,1H3. The van der Waals surface area contributed by atoms with Crippen LogP contribution in [0.4, 0.5) is 0 Å². The second-order valence-corrected chi connectivity index (χ2v) is 8.81. The van der Waals surface area contributed by atoms with Crippen molar-refractivity contribution in [1.29, 1.82) is 0 Å². The maximum atomic E-state index is 12.8. The van der Waals surface area contributed by atoms with E-state index < -0.39 is 10.0 Å². The number of benzene rings is 2. The second kappa shape index (κ2) is 8.15. The van der Waals surface area contributed by atoms with Crippen molar-refractivity contribution in [3.8, 4) is 0 Å². The fourth-order valence-electron chi connectivity index (χ4n) is 3.50. The van der Waals surface area contributed by atoms with Crippen LogP contribution in [-0.4, -0.2) is 25.8 Å². The van der Waals surface area contributed by atoms with E-state index in [4.69, 9.17) is 0 Å². The molecule has 25 heavy (non-hydrogen) atoms. The van der Waals surface area contributed by atoms with Crippen molar-refractivity contribution in [1.82, 2.24) is 4.31 Å². The molecule has 0 radical (unpaired) electrons. The Hall–Kier alpha value is -1.65. The first kappa shape index (κ1) is 18.2. The van der Waals surface area contributed by atoms with E-state index in [1.165, 1.54) is 11.1 Å². The topological polar surface area (TPSA) is 37.4 Å². The third-order valence-electron chi connectivity index (χ3n) is 5.23. The van der Waals surface area contributed by atoms with Crippen LogP contribution in [-0.2, 0) is 22.9 Å². The largest absolute Gasteiger partial charge is 0.243 e. The van der Waals surface area contributed by atoms with E-state index in [1.54, 1.807) is 16.4 Å². The fraction of sp³-hybridized carbons (Fsp3) is 0.429. The van der Waals surface area contributed by atoms with Gasteiger partial charge in [0.05, 0.1) is 4.90 Å². The zero-order chi connectivity index (χ0) is 17.7. The van der Waals surface area contributed by atoms with Crippen LogP contribution in [0.2, 0.25) is 0 Å². The average molecular weight is 358 g/mol. The molecular formula is C21H27NO2S. The second-order valence-electron chi connectivity index (χ2n) is 6.87. The zero-order valence-corrected chi connectivity index (χ0v) is 15.7. The molecule has 2 aromatic rings. The Morgan fingerprint density at radius 3 is 2.16 bits per heavy atom. The van der Waals surface area contributed by atoms with Crippen LogP contribution in [0.1, 0.15) is 37.3 Å². The van der Waals surface area contributed by atoms with Crippen LogP contribution < -0.4 is 0 Å². The molecule has 134 valence electrons. The van der Waals surface area contributed by atoms with Gasteiger partial charge in [0.2, 0.25) is 10.0 Å². The van der Waals surface area contributed by atoms with Crippen LogP contribution in [0.15, 0.2) is 59.5 Å². The van der Waals surface area contributed by atoms with Crippen LogP contribution in [0.3, 0.4) is 0 Å². The number of sulfonamides is 1. The highest BCUT2D eigenvalue weighted by molar-refractivity contribution is 7.89. The Balaban J connectivity index is 1.55. The summed E-state index contributed by atoms with van der Waals surface area (Å²) in [5.74, 6) is 0.620. The molecule has 2 aromatic carbocycles. The summed E-state index contributed by atoms with van der Waals surface area (Å²) in [6.07, 6.45) is 5.06. The Labute approximate surface area is 151 Å². The molecule has 0 N–H and O–H groups in total. The normalized spacial score (nSPS) is 16.8. The van der Waals surface area contributed by atoms with Gasteiger partial charge in [-0.1, -0.05) is 49.4 Å². The summed E-state index contributed by atoms with van der Waals surface area (Å²) in [5, 5.41) is 0. The highest BCUT2D eigenvalue weighted by Gasteiger charge is 2.29. The van der Waals surface area contributed by atoms with E-state index in [0.717, 1.165) is 32.1 Å². The van der Waals surface area contributed by atoms with Crippen molar-refractivity contribution in [3.05, 3.63) is 65.7 Å². The SMILES string of the molecule is CCc1ccc(S(=O)(=O)N2CCC(CCc3ccccc3)CC2)cc1. The Morgan fingerprint density at radius 2 is 1.56 bits per heavy atom. The van der Waals surface area contributed by atoms with Gasteiger partial charge >= 0.3 is 0 Å². The van der Waals surface area contributed by atoms with E-state index in [9.17, 15) is 8.42 Å². The number of hydrogen-bond donors (Lipinski definition) is 0. The van der Waals surface area contributed by atoms with E-state index in [1.807, 2.05) is 18.2 Å². The Kier molecular flexibility index (Phi) is 5.92. The molecule has 1 fully saturated rings. The summed E-state index contributed by atoms with van der Waals surface area (Å²) in [4.78, 5) is 0.424. The van der Waals surface area contributed by atoms with Crippen LogP contribution in [0.25, 0.3) is 0 Å². The van der Waals surface area contributed by atoms with Gasteiger partial charge in [-0.3, -0.25) is 0 Å². The summed E-state index contributed by atoms with van der Waals surface area (Å²) in [6, 6.07) is 17.9. The quantitative estimate of drug-likeness (QED) is 0.774. The molecule has 0 aromatic heterocycles. The number of hydrogen-bond acceptors (Lipinski definition) is 2. The molecule has 0 bridgehead atoms. The molecule has 1 saturated heterocycles. The van der Waals surface area contributed by atoms with Gasteiger partial charge in [-0.05, 0) is 61.3 Å². The predicted molar refractivity (Wildman–Crippen MR) is 102 cm³/mol. The molecule has 1 heterocycles. The first-order chi connectivity index (χ1) is 12.1. The minimum Gasteiger partial charge on any atom is -0.207 e. The minimum absolute atomic E-state index is 0.424. The summed E-state index contributed by atoms with van der Waals surface area (Å²) in [5.41, 5.74) is 2.53. The van der Waals surface area contributed by atoms with Crippen molar-refractivity contribution in [2.75, 3.05) is 13.1 Å². The first-order valence-electron chi connectivity index (χ1n) is 9.22. The summed E-state index contributed by atoms with van der Waals surface area (Å²) in [7, 11) is -3.34. The smallest absolute Gasteiger partial charge is 0.207 e. The molecule has 4 heteroatoms. The van der Waals surface area contributed by atoms with E-state index in [-0.39, 0.29) is 0 Å². The minimum atomic E-state index is -3.34. The number of rotatable bonds is 6. The molecule has 0 spiro atoms. The van der Waals surface area contributed by atoms with Crippen LogP contribution in [0, 0.1) is 5.92 Å². The van der Waals surface area contributed by atoms with Gasteiger partial charge in [0.25, 0.3) is 0 Å². The summed E-state index contributed by atoms with van der Waals surface area (Å²) >= 11 is 0. The third kappa shape index (κ3) is 4.50. The Bertz CT molecular complexity index is 761. The van der Waals surface area contributed by atoms with Gasteiger partial charge in [-0.25, -0.2) is 8.42 Å². The lowest BCUT2D eigenvalue weighted by atomic mass is 9.91. The third-order valence-corrected chi connectivity index (χ3v) is 7.14. The first-order valence-corrected chi connectivity index (χ1v) is 10.7. The van der Waals surface area contributed by atoms with Gasteiger partial charge in [0, 0.05) is 13.1 Å². The highest BCUT2D eigenvalue weighted by atomic mass is 32.2. The zero-order valence-electron chi connectivity index (χ0n) is 14.9. The van der Waals surface area contributed by atoms with Gasteiger partial charge in [0.15, 0.2) is 0 Å². The van der Waals surface area contributed by atoms with Crippen molar-refractivity contribution in [2.45, 2.75) is 43.9 Å². The highest BCUT2D eigenvalue weighted by Crippen LogP contribution is 2.26. The number of nitrogens with zero attached hydrogens (tertiary/aromatic N) is 1. The van der Waals surface area contributed by atoms with Gasteiger partial charge < -0.3 is 0 Å². The molecule has 0 unspecified atom stereocenters. The van der Waals surface area contributed by atoms with Gasteiger partial charge in [-0.2, -0.15) is 4.31 Å². The lowest BCUT2D eigenvalue weighted by molar-refractivity contribution is 0.263. The van der Waals surface area contributed by atoms with E-state index in [0.29, 0.717) is 23.9 Å². The molecular weight excluding hydrogens is 330 g/mol. The fourth-order valence-corrected chi connectivity index (χ4v) is 4.97. The number of piperidine rings is 1. The maximum Gasteiger partial charge on any atom is 0.243 e. The maximum absolute atomic E-state index is 12.8. The summed E-state index contributed by atoms with van der Waals surface area (Å²) in [6.45, 7) is 3.35. The van der Waals surface area contributed by atoms with Gasteiger partial charge in [0.1, 0.15) is 0 Å². The van der Waals surface area contributed by atoms with E-state index in [2.05, 4.69) is 31.2 Å². The molecule has 1 aliphatic heterocycles. The molecule has 0 amide bonds. The molecule has 0 aliphatic carbocycles. The molecule has 1 aliphatic rings. The predicted octanol–water partition coefficient (Wildman–Crippen LogP) is 4.28. The van der Waals surface area contributed by atoms with E-state index >= 15 is 0 Å². The summed E-state index contributed by atoms with van der Waals surface area (Å²) < 4.78 is 27.3. The van der Waals surface area contributed by atoms with Crippen LogP contribution >= 0.6 is 0 Å². The average Bonchev–Trinajstić information content (AvgIpc) is 2.67.